The van der Waals surface area contributed by atoms with Crippen molar-refractivity contribution in [1.29, 1.82) is 0 Å². The van der Waals surface area contributed by atoms with Gasteiger partial charge in [0.2, 0.25) is 0 Å². The second-order valence-corrected chi connectivity index (χ2v) is 8.34. The minimum Gasteiger partial charge on any atom is -0.394 e. The molecule has 0 aromatic heterocycles. The molecule has 1 saturated carbocycles. The molecule has 0 bridgehead atoms. The fourth-order valence-electron chi connectivity index (χ4n) is 4.28. The van der Waals surface area contributed by atoms with Gasteiger partial charge in [-0.1, -0.05) is 19.3 Å². The van der Waals surface area contributed by atoms with Gasteiger partial charge in [0.25, 0.3) is 0 Å². The first-order valence-corrected chi connectivity index (χ1v) is 10.6. The van der Waals surface area contributed by atoms with Crippen LogP contribution in [0.15, 0.2) is 0 Å². The lowest BCUT2D eigenvalue weighted by molar-refractivity contribution is -0.360. The summed E-state index contributed by atoms with van der Waals surface area (Å²) in [7, 11) is 0. The number of hydrogen-bond acceptors (Lipinski definition) is 11. The largest absolute Gasteiger partial charge is 0.394 e. The van der Waals surface area contributed by atoms with Gasteiger partial charge in [0.1, 0.15) is 48.8 Å². The van der Waals surface area contributed by atoms with Crippen molar-refractivity contribution in [1.82, 2.24) is 0 Å². The molecule has 2 saturated heterocycles. The zero-order valence-corrected chi connectivity index (χ0v) is 16.8. The lowest BCUT2D eigenvalue weighted by atomic mass is 9.90. The molecular weight excluding hydrogens is 404 g/mol. The minimum absolute atomic E-state index is 0.349. The van der Waals surface area contributed by atoms with E-state index in [4.69, 9.17) is 18.9 Å². The fourth-order valence-corrected chi connectivity index (χ4v) is 4.28. The van der Waals surface area contributed by atoms with Crippen LogP contribution in [0.5, 0.6) is 0 Å². The van der Waals surface area contributed by atoms with Gasteiger partial charge in [-0.25, -0.2) is 0 Å². The Bertz CT molecular complexity index is 513. The molecule has 11 nitrogen and oxygen atoms in total. The first kappa shape index (κ1) is 24.2. The van der Waals surface area contributed by atoms with Crippen molar-refractivity contribution in [2.24, 2.45) is 5.92 Å². The van der Waals surface area contributed by atoms with Gasteiger partial charge in [-0.2, -0.15) is 0 Å². The molecule has 30 heavy (non-hydrogen) atoms. The number of hydrogen-bond donors (Lipinski definition) is 7. The average molecular weight is 438 g/mol. The van der Waals surface area contributed by atoms with Gasteiger partial charge in [-0.15, -0.1) is 0 Å². The number of rotatable bonds is 7. The zero-order valence-electron chi connectivity index (χ0n) is 16.8. The average Bonchev–Trinajstić information content (AvgIpc) is 2.77. The Balaban J connectivity index is 1.61. The van der Waals surface area contributed by atoms with E-state index >= 15 is 0 Å². The molecule has 7 N–H and O–H groups in total. The third-order valence-electron chi connectivity index (χ3n) is 6.18. The van der Waals surface area contributed by atoms with Gasteiger partial charge in [-0.05, 0) is 18.8 Å². The van der Waals surface area contributed by atoms with Crippen LogP contribution in [0.25, 0.3) is 0 Å². The maximum Gasteiger partial charge on any atom is 0.187 e. The minimum atomic E-state index is -1.69. The molecule has 10 atom stereocenters. The predicted octanol–water partition coefficient (Wildman–Crippen LogP) is -2.79. The highest BCUT2D eigenvalue weighted by Crippen LogP contribution is 2.30. The van der Waals surface area contributed by atoms with E-state index in [1.807, 2.05) is 0 Å². The smallest absolute Gasteiger partial charge is 0.187 e. The van der Waals surface area contributed by atoms with Crippen molar-refractivity contribution < 1.29 is 54.7 Å². The molecule has 0 aromatic carbocycles. The normalized spacial score (nSPS) is 46.1. The lowest BCUT2D eigenvalue weighted by Crippen LogP contribution is -2.64. The quantitative estimate of drug-likeness (QED) is 0.218. The Morgan fingerprint density at radius 3 is 1.90 bits per heavy atom. The second-order valence-electron chi connectivity index (χ2n) is 8.34. The van der Waals surface area contributed by atoms with Crippen LogP contribution in [0.1, 0.15) is 32.1 Å². The molecule has 2 aliphatic heterocycles. The van der Waals surface area contributed by atoms with Crippen LogP contribution in [0.4, 0.5) is 0 Å². The molecule has 3 fully saturated rings. The lowest BCUT2D eigenvalue weighted by Gasteiger charge is -2.46. The molecule has 11 heteroatoms. The summed E-state index contributed by atoms with van der Waals surface area (Å²) in [6.45, 7) is -0.850. The van der Waals surface area contributed by atoms with Crippen molar-refractivity contribution in [3.05, 3.63) is 0 Å². The molecule has 0 amide bonds. The Hall–Kier alpha value is -0.440. The summed E-state index contributed by atoms with van der Waals surface area (Å²) >= 11 is 0. The molecule has 0 aromatic rings. The van der Waals surface area contributed by atoms with E-state index < -0.39 is 74.6 Å². The van der Waals surface area contributed by atoms with Crippen LogP contribution in [0.2, 0.25) is 0 Å². The predicted molar refractivity (Wildman–Crippen MR) is 98.9 cm³/mol. The Morgan fingerprint density at radius 1 is 0.667 bits per heavy atom. The first-order chi connectivity index (χ1) is 14.4. The fraction of sp³-hybridized carbons (Fsp3) is 1.00. The Morgan fingerprint density at radius 2 is 1.27 bits per heavy atom. The number of aliphatic hydroxyl groups excluding tert-OH is 7. The number of aliphatic hydroxyl groups is 7. The van der Waals surface area contributed by atoms with Gasteiger partial charge >= 0.3 is 0 Å². The van der Waals surface area contributed by atoms with Gasteiger partial charge < -0.3 is 54.7 Å². The standard InChI is InChI=1S/C19H34O11/c20-6-10-12(22)13(23)15(25)19(28-10)30-17-11(7-21)29-18(16(26)14(17)24)27-8-9-4-2-1-3-5-9/h9-26H,1-8H2/t10-,11-,12?,13+,14-,15?,16?,17?,18+,19?/m1/s1. The van der Waals surface area contributed by atoms with Crippen molar-refractivity contribution >= 4 is 0 Å². The van der Waals surface area contributed by atoms with E-state index in [9.17, 15) is 35.7 Å². The van der Waals surface area contributed by atoms with E-state index in [1.165, 1.54) is 6.42 Å². The summed E-state index contributed by atoms with van der Waals surface area (Å²) in [6, 6.07) is 0. The van der Waals surface area contributed by atoms with E-state index in [2.05, 4.69) is 0 Å². The van der Waals surface area contributed by atoms with E-state index in [1.54, 1.807) is 0 Å². The Labute approximate surface area is 174 Å². The van der Waals surface area contributed by atoms with Crippen molar-refractivity contribution in [3.63, 3.8) is 0 Å². The highest BCUT2D eigenvalue weighted by molar-refractivity contribution is 4.94. The summed E-state index contributed by atoms with van der Waals surface area (Å²) in [6.07, 6.45) is -8.75. The van der Waals surface area contributed by atoms with Gasteiger partial charge in [0.05, 0.1) is 19.8 Å². The molecule has 3 aliphatic rings. The topological polar surface area (TPSA) is 179 Å². The molecular formula is C19H34O11. The van der Waals surface area contributed by atoms with Crippen molar-refractivity contribution in [2.45, 2.75) is 93.5 Å². The molecule has 5 unspecified atom stereocenters. The SMILES string of the molecule is OC[C@H]1OC(OC2[C@H](O)C(O)[C@@H](OCC3CCCCC3)O[C@@H]2CO)C(O)[C@@H](O)C1O. The van der Waals surface area contributed by atoms with Crippen LogP contribution < -0.4 is 0 Å². The first-order valence-electron chi connectivity index (χ1n) is 10.6. The monoisotopic (exact) mass is 438 g/mol. The van der Waals surface area contributed by atoms with Gasteiger partial charge in [-0.3, -0.25) is 0 Å². The molecule has 2 heterocycles. The summed E-state index contributed by atoms with van der Waals surface area (Å²) in [5.41, 5.74) is 0. The van der Waals surface area contributed by atoms with Crippen LogP contribution in [0, 0.1) is 5.92 Å². The molecule has 176 valence electrons. The molecule has 3 rings (SSSR count). The van der Waals surface area contributed by atoms with Crippen LogP contribution >= 0.6 is 0 Å². The third-order valence-corrected chi connectivity index (χ3v) is 6.18. The maximum atomic E-state index is 10.6. The summed E-state index contributed by atoms with van der Waals surface area (Å²) in [5, 5.41) is 69.9. The zero-order chi connectivity index (χ0) is 21.8. The van der Waals surface area contributed by atoms with Crippen LogP contribution in [0.3, 0.4) is 0 Å². The van der Waals surface area contributed by atoms with E-state index in [-0.39, 0.29) is 0 Å². The number of ether oxygens (including phenoxy) is 4. The summed E-state index contributed by atoms with van der Waals surface area (Å²) in [5.74, 6) is 0.349. The van der Waals surface area contributed by atoms with Crippen molar-refractivity contribution in [3.8, 4) is 0 Å². The molecule has 1 aliphatic carbocycles. The summed E-state index contributed by atoms with van der Waals surface area (Å²) in [4.78, 5) is 0. The summed E-state index contributed by atoms with van der Waals surface area (Å²) < 4.78 is 22.1. The highest BCUT2D eigenvalue weighted by Gasteiger charge is 2.50. The van der Waals surface area contributed by atoms with Crippen LogP contribution in [-0.4, -0.2) is 117 Å². The second kappa shape index (κ2) is 10.9. The van der Waals surface area contributed by atoms with E-state index in [0.29, 0.717) is 12.5 Å². The molecule has 0 spiro atoms. The Kier molecular flexibility index (Phi) is 8.82. The maximum absolute atomic E-state index is 10.6. The third kappa shape index (κ3) is 5.30. The van der Waals surface area contributed by atoms with E-state index in [0.717, 1.165) is 25.7 Å². The van der Waals surface area contributed by atoms with Gasteiger partial charge in [0, 0.05) is 0 Å². The highest BCUT2D eigenvalue weighted by atomic mass is 16.7. The van der Waals surface area contributed by atoms with Crippen molar-refractivity contribution in [2.75, 3.05) is 19.8 Å². The van der Waals surface area contributed by atoms with Crippen LogP contribution in [-0.2, 0) is 18.9 Å². The van der Waals surface area contributed by atoms with Gasteiger partial charge in [0.15, 0.2) is 12.6 Å². The molecule has 0 radical (unpaired) electrons.